The number of aromatic nitrogens is 2. The van der Waals surface area contributed by atoms with Crippen LogP contribution >= 0.6 is 0 Å². The van der Waals surface area contributed by atoms with Gasteiger partial charge in [0.25, 0.3) is 0 Å². The topological polar surface area (TPSA) is 75.1 Å². The number of aliphatic hydroxyl groups excluding tert-OH is 1. The number of anilines is 1. The summed E-state index contributed by atoms with van der Waals surface area (Å²) in [6.45, 7) is -0.591. The van der Waals surface area contributed by atoms with Crippen LogP contribution in [0.15, 0.2) is 54.9 Å². The maximum absolute atomic E-state index is 13.1. The van der Waals surface area contributed by atoms with Crippen molar-refractivity contribution >= 4 is 11.6 Å². The third-order valence-electron chi connectivity index (χ3n) is 5.76. The van der Waals surface area contributed by atoms with Crippen molar-refractivity contribution in [2.45, 2.75) is 37.5 Å². The Hall–Kier alpha value is -3.33. The number of carbonyl (C=O) groups excluding carboxylic acids is 1. The van der Waals surface area contributed by atoms with Crippen molar-refractivity contribution in [3.05, 3.63) is 77.6 Å². The molecule has 3 aromatic rings. The van der Waals surface area contributed by atoms with Crippen LogP contribution in [0.2, 0.25) is 0 Å². The number of benzene rings is 1. The Labute approximate surface area is 181 Å². The molecular weight excluding hydrogens is 426 g/mol. The maximum Gasteiger partial charge on any atom is 0.433 e. The summed E-state index contributed by atoms with van der Waals surface area (Å²) < 4.78 is 51.8. The van der Waals surface area contributed by atoms with E-state index >= 15 is 0 Å². The molecule has 0 spiro atoms. The van der Waals surface area contributed by atoms with E-state index < -0.39 is 29.7 Å². The third-order valence-corrected chi connectivity index (χ3v) is 5.76. The minimum absolute atomic E-state index is 0.0780. The molecule has 0 radical (unpaired) electrons. The summed E-state index contributed by atoms with van der Waals surface area (Å²) in [7, 11) is 0. The van der Waals surface area contributed by atoms with Crippen LogP contribution in [0.4, 0.5) is 23.2 Å². The van der Waals surface area contributed by atoms with Crippen LogP contribution in [0, 0.1) is 5.82 Å². The van der Waals surface area contributed by atoms with Gasteiger partial charge in [0, 0.05) is 29.2 Å². The molecule has 0 aliphatic heterocycles. The lowest BCUT2D eigenvalue weighted by molar-refractivity contribution is -0.141. The zero-order valence-corrected chi connectivity index (χ0v) is 16.8. The number of pyridine rings is 2. The molecule has 32 heavy (non-hydrogen) atoms. The number of alkyl halides is 3. The highest BCUT2D eigenvalue weighted by Crippen LogP contribution is 2.44. The van der Waals surface area contributed by atoms with E-state index in [4.69, 9.17) is 0 Å². The fraction of sp³-hybridized carbons (Fsp3) is 0.261. The van der Waals surface area contributed by atoms with Gasteiger partial charge in [0.1, 0.15) is 11.5 Å². The van der Waals surface area contributed by atoms with Gasteiger partial charge in [-0.3, -0.25) is 14.8 Å². The second-order valence-electron chi connectivity index (χ2n) is 7.71. The molecule has 0 unspecified atom stereocenters. The number of hydrogen-bond acceptors (Lipinski definition) is 4. The zero-order valence-electron chi connectivity index (χ0n) is 16.8. The Morgan fingerprint density at radius 1 is 1.06 bits per heavy atom. The van der Waals surface area contributed by atoms with Crippen LogP contribution in [0.25, 0.3) is 11.1 Å². The molecule has 1 saturated carbocycles. The normalized spacial score (nSPS) is 15.2. The van der Waals surface area contributed by atoms with Crippen molar-refractivity contribution in [1.29, 1.82) is 0 Å². The molecule has 2 aromatic heterocycles. The summed E-state index contributed by atoms with van der Waals surface area (Å²) in [6.07, 6.45) is -0.0571. The number of nitrogens with zero attached hydrogens (tertiary/aromatic N) is 2. The van der Waals surface area contributed by atoms with E-state index in [9.17, 15) is 27.5 Å². The molecule has 1 aromatic carbocycles. The fourth-order valence-corrected chi connectivity index (χ4v) is 3.79. The van der Waals surface area contributed by atoms with Gasteiger partial charge in [0.2, 0.25) is 5.91 Å². The van der Waals surface area contributed by atoms with E-state index in [1.165, 1.54) is 30.5 Å². The van der Waals surface area contributed by atoms with Crippen LogP contribution < -0.4 is 5.32 Å². The fourth-order valence-electron chi connectivity index (χ4n) is 3.79. The first-order chi connectivity index (χ1) is 15.2. The number of nitrogens with one attached hydrogen (secondary N) is 1. The van der Waals surface area contributed by atoms with Crippen molar-refractivity contribution < 1.29 is 27.5 Å². The van der Waals surface area contributed by atoms with Crippen LogP contribution in [-0.2, 0) is 23.0 Å². The van der Waals surface area contributed by atoms with Gasteiger partial charge in [-0.25, -0.2) is 4.39 Å². The first kappa shape index (κ1) is 21.9. The summed E-state index contributed by atoms with van der Waals surface area (Å²) in [5.41, 5.74) is -0.00816. The summed E-state index contributed by atoms with van der Waals surface area (Å²) in [5, 5.41) is 12.3. The second-order valence-corrected chi connectivity index (χ2v) is 7.71. The molecule has 4 rings (SSSR count). The van der Waals surface area contributed by atoms with E-state index in [0.29, 0.717) is 35.3 Å². The molecule has 9 heteroatoms. The van der Waals surface area contributed by atoms with Gasteiger partial charge < -0.3 is 10.4 Å². The van der Waals surface area contributed by atoms with E-state index in [0.717, 1.165) is 18.7 Å². The Morgan fingerprint density at radius 3 is 2.31 bits per heavy atom. The molecule has 1 amide bonds. The van der Waals surface area contributed by atoms with Crippen molar-refractivity contribution in [1.82, 2.24) is 9.97 Å². The third kappa shape index (κ3) is 4.08. The predicted octanol–water partition coefficient (Wildman–Crippen LogP) is 4.85. The van der Waals surface area contributed by atoms with Crippen molar-refractivity contribution in [2.24, 2.45) is 0 Å². The molecule has 166 valence electrons. The molecule has 1 fully saturated rings. The van der Waals surface area contributed by atoms with Crippen molar-refractivity contribution in [3.8, 4) is 11.1 Å². The SMILES string of the molecule is O=C(Nc1ccc(F)cc1)C1(c2ccc(-c3cnc(C(F)(F)F)cc3CO)cn2)CCC1. The lowest BCUT2D eigenvalue weighted by Gasteiger charge is -2.39. The Morgan fingerprint density at radius 2 is 1.78 bits per heavy atom. The van der Waals surface area contributed by atoms with E-state index in [-0.39, 0.29) is 11.5 Å². The van der Waals surface area contributed by atoms with Crippen molar-refractivity contribution in [2.75, 3.05) is 5.32 Å². The van der Waals surface area contributed by atoms with Crippen LogP contribution in [0.5, 0.6) is 0 Å². The highest BCUT2D eigenvalue weighted by atomic mass is 19.4. The molecule has 0 saturated heterocycles. The number of amides is 1. The standard InChI is InChI=1S/C23H19F4N3O2/c24-16-3-5-17(6-4-16)30-21(32)22(8-1-9-22)19-7-2-14(11-28-19)18-12-29-20(23(25,26)27)10-15(18)13-31/h2-7,10-12,31H,1,8-9,13H2,(H,30,32). The van der Waals surface area contributed by atoms with Gasteiger partial charge in [-0.15, -0.1) is 0 Å². The average molecular weight is 445 g/mol. The molecule has 2 heterocycles. The first-order valence-electron chi connectivity index (χ1n) is 9.94. The summed E-state index contributed by atoms with van der Waals surface area (Å²) >= 11 is 0. The van der Waals surface area contributed by atoms with Crippen LogP contribution in [0.1, 0.15) is 36.2 Å². The quantitative estimate of drug-likeness (QED) is 0.551. The number of aliphatic hydroxyl groups is 1. The number of carbonyl (C=O) groups is 1. The predicted molar refractivity (Wildman–Crippen MR) is 109 cm³/mol. The molecule has 1 aliphatic rings. The van der Waals surface area contributed by atoms with Gasteiger partial charge in [-0.1, -0.05) is 12.5 Å². The molecule has 2 N–H and O–H groups in total. The monoisotopic (exact) mass is 445 g/mol. The zero-order chi connectivity index (χ0) is 22.9. The molecule has 1 aliphatic carbocycles. The van der Waals surface area contributed by atoms with Gasteiger partial charge in [-0.2, -0.15) is 13.2 Å². The minimum Gasteiger partial charge on any atom is -0.392 e. The van der Waals surface area contributed by atoms with E-state index in [1.54, 1.807) is 12.1 Å². The highest BCUT2D eigenvalue weighted by Gasteiger charge is 2.47. The molecular formula is C23H19F4N3O2. The van der Waals surface area contributed by atoms with Crippen LogP contribution in [-0.4, -0.2) is 21.0 Å². The lowest BCUT2D eigenvalue weighted by atomic mass is 9.65. The molecule has 0 bridgehead atoms. The minimum atomic E-state index is -4.61. The lowest BCUT2D eigenvalue weighted by Crippen LogP contribution is -2.46. The molecule has 5 nitrogen and oxygen atoms in total. The highest BCUT2D eigenvalue weighted by molar-refractivity contribution is 5.99. The number of halogens is 4. The first-order valence-corrected chi connectivity index (χ1v) is 9.94. The van der Waals surface area contributed by atoms with Gasteiger partial charge in [-0.05, 0) is 54.8 Å². The number of rotatable bonds is 5. The van der Waals surface area contributed by atoms with E-state index in [2.05, 4.69) is 15.3 Å². The largest absolute Gasteiger partial charge is 0.433 e. The summed E-state index contributed by atoms with van der Waals surface area (Å²) in [6, 6.07) is 9.59. The second kappa shape index (κ2) is 8.31. The Kier molecular flexibility index (Phi) is 5.68. The number of hydrogen-bond donors (Lipinski definition) is 2. The van der Waals surface area contributed by atoms with E-state index in [1.807, 2.05) is 0 Å². The Bertz CT molecular complexity index is 1130. The van der Waals surface area contributed by atoms with Gasteiger partial charge >= 0.3 is 6.18 Å². The maximum atomic E-state index is 13.1. The smallest absolute Gasteiger partial charge is 0.392 e. The Balaban J connectivity index is 1.60. The molecule has 0 atom stereocenters. The van der Waals surface area contributed by atoms with Gasteiger partial charge in [0.15, 0.2) is 0 Å². The van der Waals surface area contributed by atoms with Crippen molar-refractivity contribution in [3.63, 3.8) is 0 Å². The van der Waals surface area contributed by atoms with Gasteiger partial charge in [0.05, 0.1) is 17.7 Å². The van der Waals surface area contributed by atoms with Crippen LogP contribution in [0.3, 0.4) is 0 Å². The summed E-state index contributed by atoms with van der Waals surface area (Å²) in [4.78, 5) is 20.9. The summed E-state index contributed by atoms with van der Waals surface area (Å²) in [5.74, 6) is -0.651. The average Bonchev–Trinajstić information content (AvgIpc) is 2.74.